The van der Waals surface area contributed by atoms with E-state index in [-0.39, 0.29) is 10.8 Å². The minimum Gasteiger partial charge on any atom is -0.410 e. The van der Waals surface area contributed by atoms with E-state index in [1.807, 2.05) is 84.9 Å². The molecule has 4 aromatic carbocycles. The molecule has 8 rings (SSSR count). The Morgan fingerprint density at radius 1 is 0.600 bits per heavy atom. The number of carbonyl (C=O) groups excluding carboxylic acids is 2. The second kappa shape index (κ2) is 13.0. The molecule has 4 heterocycles. The molecule has 2 N–H and O–H groups in total. The van der Waals surface area contributed by atoms with Crippen molar-refractivity contribution < 1.29 is 19.1 Å². The van der Waals surface area contributed by atoms with Crippen molar-refractivity contribution in [1.29, 1.82) is 0 Å². The molecule has 4 atom stereocenters. The van der Waals surface area contributed by atoms with E-state index in [1.165, 1.54) is 22.5 Å². The Morgan fingerprint density at radius 2 is 0.980 bits per heavy atom. The first-order valence-corrected chi connectivity index (χ1v) is 17.2. The van der Waals surface area contributed by atoms with Gasteiger partial charge in [-0.25, -0.2) is 9.59 Å². The van der Waals surface area contributed by atoms with E-state index in [0.717, 1.165) is 37.3 Å². The Hall–Kier alpha value is -5.06. The lowest BCUT2D eigenvalue weighted by Crippen LogP contribution is -2.45. The summed E-state index contributed by atoms with van der Waals surface area (Å²) >= 11 is 0. The molecule has 0 saturated carbocycles. The van der Waals surface area contributed by atoms with E-state index in [4.69, 9.17) is 9.47 Å². The van der Waals surface area contributed by atoms with Crippen LogP contribution in [0.3, 0.4) is 0 Å². The third-order valence-corrected chi connectivity index (χ3v) is 11.1. The van der Waals surface area contributed by atoms with Crippen molar-refractivity contribution in [2.45, 2.75) is 49.9 Å². The van der Waals surface area contributed by atoms with Crippen molar-refractivity contribution in [1.82, 2.24) is 9.80 Å². The summed E-state index contributed by atoms with van der Waals surface area (Å²) in [5.74, 6) is 1.16. The number of fused-ring (bicyclic) bond motifs is 6. The van der Waals surface area contributed by atoms with Gasteiger partial charge in [-0.3, -0.25) is 20.4 Å². The molecule has 0 spiro atoms. The number of nitrogens with one attached hydrogen (secondary N) is 2. The maximum atomic E-state index is 12.2. The number of ether oxygens (including phenoxy) is 2. The highest BCUT2D eigenvalue weighted by Gasteiger charge is 2.53. The van der Waals surface area contributed by atoms with Gasteiger partial charge in [-0.05, 0) is 98.7 Å². The van der Waals surface area contributed by atoms with E-state index in [1.54, 1.807) is 0 Å². The van der Waals surface area contributed by atoms with Crippen LogP contribution in [0.5, 0.6) is 11.5 Å². The minimum atomic E-state index is -0.470. The number of likely N-dealkylation sites (N-methyl/N-ethyl adjacent to an activating group) is 4. The van der Waals surface area contributed by atoms with Gasteiger partial charge in [0, 0.05) is 60.8 Å². The van der Waals surface area contributed by atoms with E-state index in [2.05, 4.69) is 84.4 Å². The summed E-state index contributed by atoms with van der Waals surface area (Å²) in [6, 6.07) is 30.5. The summed E-state index contributed by atoms with van der Waals surface area (Å²) in [5.41, 5.74) is 6.52. The summed E-state index contributed by atoms with van der Waals surface area (Å²) in [6.45, 7) is 6.75. The standard InChI is InChI=1S/2C20H23N3O2/c2*1-20-11-12-22(2)18(20)23(3)17-10-9-15(13-16(17)20)25-19(24)21-14-7-5-4-6-8-14/h2*4-10,13,18H,11-12H2,1-3H3,(H,21,24)/t2*18-,20+/m11/s1. The lowest BCUT2D eigenvalue weighted by molar-refractivity contribution is 0.214. The number of hydrogen-bond acceptors (Lipinski definition) is 8. The first-order valence-electron chi connectivity index (χ1n) is 17.2. The molecule has 260 valence electrons. The lowest BCUT2D eigenvalue weighted by atomic mass is 9.81. The van der Waals surface area contributed by atoms with E-state index < -0.39 is 12.2 Å². The molecular weight excluding hydrogens is 628 g/mol. The van der Waals surface area contributed by atoms with Crippen LogP contribution in [0.2, 0.25) is 0 Å². The van der Waals surface area contributed by atoms with Crippen molar-refractivity contribution >= 4 is 34.9 Å². The summed E-state index contributed by atoms with van der Waals surface area (Å²) in [7, 11) is 8.62. The van der Waals surface area contributed by atoms with Crippen LogP contribution < -0.4 is 29.9 Å². The molecule has 0 aliphatic carbocycles. The van der Waals surface area contributed by atoms with Crippen LogP contribution in [0.25, 0.3) is 0 Å². The van der Waals surface area contributed by atoms with Crippen molar-refractivity contribution in [3.63, 3.8) is 0 Å². The summed E-state index contributed by atoms with van der Waals surface area (Å²) in [6.07, 6.45) is 1.98. The van der Waals surface area contributed by atoms with Crippen LogP contribution in [-0.2, 0) is 10.8 Å². The molecular formula is C40H46N6O4. The van der Waals surface area contributed by atoms with Crippen LogP contribution >= 0.6 is 0 Å². The van der Waals surface area contributed by atoms with Crippen molar-refractivity contribution in [2.75, 3.05) is 61.7 Å². The van der Waals surface area contributed by atoms with Gasteiger partial charge in [0.25, 0.3) is 0 Å². The smallest absolute Gasteiger partial charge is 0.410 e. The highest BCUT2D eigenvalue weighted by atomic mass is 16.6. The highest BCUT2D eigenvalue weighted by Crippen LogP contribution is 2.53. The SMILES string of the molecule is CN1CC[C@@]2(C)c3cc(OC(=O)Nc4ccccc4)ccc3N(C)[C@@H]12.CN1CC[C@@]2(C)c3cc(OC(=O)Nc4ccccc4)ccc3N(C)[C@@H]12. The molecule has 2 saturated heterocycles. The predicted octanol–water partition coefficient (Wildman–Crippen LogP) is 7.33. The molecule has 4 aromatic rings. The maximum Gasteiger partial charge on any atom is 0.417 e. The topological polar surface area (TPSA) is 89.6 Å². The van der Waals surface area contributed by atoms with Gasteiger partial charge in [0.05, 0.1) is 12.3 Å². The lowest BCUT2D eigenvalue weighted by Gasteiger charge is -2.32. The minimum absolute atomic E-state index is 0.0636. The van der Waals surface area contributed by atoms with Gasteiger partial charge in [0.2, 0.25) is 0 Å². The molecule has 2 amide bonds. The fourth-order valence-electron chi connectivity index (χ4n) is 8.78. The Bertz CT molecular complexity index is 1750. The van der Waals surface area contributed by atoms with Crippen LogP contribution in [0.15, 0.2) is 97.1 Å². The zero-order chi connectivity index (χ0) is 35.2. The third kappa shape index (κ3) is 5.92. The van der Waals surface area contributed by atoms with Gasteiger partial charge in [0.1, 0.15) is 11.5 Å². The van der Waals surface area contributed by atoms with Gasteiger partial charge >= 0.3 is 12.2 Å². The average molecular weight is 675 g/mol. The van der Waals surface area contributed by atoms with E-state index >= 15 is 0 Å². The predicted molar refractivity (Wildman–Crippen MR) is 199 cm³/mol. The summed E-state index contributed by atoms with van der Waals surface area (Å²) in [4.78, 5) is 33.8. The number of amides is 2. The quantitative estimate of drug-likeness (QED) is 0.233. The van der Waals surface area contributed by atoms with Crippen LogP contribution in [0.4, 0.5) is 32.3 Å². The molecule has 0 radical (unpaired) electrons. The van der Waals surface area contributed by atoms with Gasteiger partial charge in [-0.1, -0.05) is 50.2 Å². The molecule has 4 aliphatic heterocycles. The number of carbonyl (C=O) groups is 2. The Balaban J connectivity index is 0.000000157. The Morgan fingerprint density at radius 3 is 1.36 bits per heavy atom. The molecule has 0 aromatic heterocycles. The molecule has 4 aliphatic rings. The Labute approximate surface area is 294 Å². The number of nitrogens with zero attached hydrogens (tertiary/aromatic N) is 4. The fraction of sp³-hybridized carbons (Fsp3) is 0.350. The first-order chi connectivity index (χ1) is 24.0. The van der Waals surface area contributed by atoms with Crippen LogP contribution in [0.1, 0.15) is 37.8 Å². The second-order valence-corrected chi connectivity index (χ2v) is 14.4. The summed E-state index contributed by atoms with van der Waals surface area (Å²) in [5, 5.41) is 5.50. The molecule has 0 unspecified atom stereocenters. The van der Waals surface area contributed by atoms with Gasteiger partial charge in [-0.2, -0.15) is 0 Å². The number of hydrogen-bond donors (Lipinski definition) is 2. The fourth-order valence-corrected chi connectivity index (χ4v) is 8.78. The second-order valence-electron chi connectivity index (χ2n) is 14.4. The van der Waals surface area contributed by atoms with Gasteiger partial charge < -0.3 is 19.3 Å². The highest BCUT2D eigenvalue weighted by molar-refractivity contribution is 5.87. The largest absolute Gasteiger partial charge is 0.417 e. The number of anilines is 4. The molecule has 0 bridgehead atoms. The average Bonchev–Trinajstić information content (AvgIpc) is 3.73. The normalized spacial score (nSPS) is 24.8. The van der Waals surface area contributed by atoms with Crippen LogP contribution in [0, 0.1) is 0 Å². The van der Waals surface area contributed by atoms with Crippen molar-refractivity contribution in [2.24, 2.45) is 0 Å². The molecule has 50 heavy (non-hydrogen) atoms. The molecule has 2 fully saturated rings. The number of rotatable bonds is 4. The van der Waals surface area contributed by atoms with Gasteiger partial charge in [-0.15, -0.1) is 0 Å². The number of para-hydroxylation sites is 2. The van der Waals surface area contributed by atoms with Crippen molar-refractivity contribution in [3.05, 3.63) is 108 Å². The van der Waals surface area contributed by atoms with E-state index in [0.29, 0.717) is 23.8 Å². The number of benzene rings is 4. The third-order valence-electron chi connectivity index (χ3n) is 11.1. The zero-order valence-electron chi connectivity index (χ0n) is 29.6. The van der Waals surface area contributed by atoms with Gasteiger partial charge in [0.15, 0.2) is 0 Å². The number of likely N-dealkylation sites (tertiary alicyclic amines) is 2. The van der Waals surface area contributed by atoms with Crippen molar-refractivity contribution in [3.8, 4) is 11.5 Å². The van der Waals surface area contributed by atoms with E-state index in [9.17, 15) is 9.59 Å². The molecule has 10 nitrogen and oxygen atoms in total. The summed E-state index contributed by atoms with van der Waals surface area (Å²) < 4.78 is 11.0. The maximum absolute atomic E-state index is 12.2. The molecule has 10 heteroatoms. The van der Waals surface area contributed by atoms with Crippen LogP contribution in [-0.4, -0.2) is 75.6 Å². The Kier molecular flexibility index (Phi) is 8.69. The first kappa shape index (κ1) is 33.4. The zero-order valence-corrected chi connectivity index (χ0v) is 29.6. The monoisotopic (exact) mass is 674 g/mol.